The number of phosphoric acid groups is 1. The van der Waals surface area contributed by atoms with E-state index in [0.29, 0.717) is 6.29 Å². The number of carbonyl (C=O) groups is 1. The molecule has 56 valence electrons. The second kappa shape index (κ2) is 5.87. The molecule has 0 aromatic rings. The molecule has 0 atom stereocenters. The first kappa shape index (κ1) is 11.5. The maximum atomic E-state index is 8.92. The molecule has 0 aromatic carbocycles. The van der Waals surface area contributed by atoms with Gasteiger partial charge in [0.1, 0.15) is 6.29 Å². The van der Waals surface area contributed by atoms with Crippen LogP contribution in [0.3, 0.4) is 0 Å². The van der Waals surface area contributed by atoms with E-state index in [0.717, 1.165) is 0 Å². The number of aliphatic hydroxyl groups is 1. The van der Waals surface area contributed by atoms with Gasteiger partial charge in [0.05, 0.1) is 6.61 Å². The quantitative estimate of drug-likeness (QED) is 0.265. The van der Waals surface area contributed by atoms with Crippen molar-refractivity contribution >= 4 is 14.1 Å². The number of rotatable bonds is 1. The van der Waals surface area contributed by atoms with E-state index in [9.17, 15) is 0 Å². The fourth-order valence-electron chi connectivity index (χ4n) is 0. The van der Waals surface area contributed by atoms with E-state index in [2.05, 4.69) is 0 Å². The van der Waals surface area contributed by atoms with Crippen LogP contribution in [-0.4, -0.2) is 32.7 Å². The molecular formula is C2H7O6P. The molecule has 0 aliphatic rings. The van der Waals surface area contributed by atoms with Crippen LogP contribution < -0.4 is 0 Å². The molecular weight excluding hydrogens is 151 g/mol. The molecule has 0 rings (SSSR count). The summed E-state index contributed by atoms with van der Waals surface area (Å²) in [6.45, 7) is -0.361. The Balaban J connectivity index is 0. The van der Waals surface area contributed by atoms with Gasteiger partial charge in [0.2, 0.25) is 0 Å². The van der Waals surface area contributed by atoms with Gasteiger partial charge < -0.3 is 24.6 Å². The highest BCUT2D eigenvalue weighted by Gasteiger charge is 2.00. The third kappa shape index (κ3) is 466. The summed E-state index contributed by atoms with van der Waals surface area (Å²) < 4.78 is 8.88. The summed E-state index contributed by atoms with van der Waals surface area (Å²) in [7, 11) is -4.64. The van der Waals surface area contributed by atoms with E-state index >= 15 is 0 Å². The van der Waals surface area contributed by atoms with Gasteiger partial charge >= 0.3 is 7.82 Å². The molecule has 0 saturated carbocycles. The Labute approximate surface area is 51.0 Å². The number of aliphatic hydroxyl groups excluding tert-OH is 1. The number of carbonyl (C=O) groups excluding carboxylic acids is 1. The van der Waals surface area contributed by atoms with Crippen LogP contribution in [-0.2, 0) is 9.36 Å². The van der Waals surface area contributed by atoms with Gasteiger partial charge in [-0.3, -0.25) is 0 Å². The average Bonchev–Trinajstić information content (AvgIpc) is 1.61. The van der Waals surface area contributed by atoms with Crippen molar-refractivity contribution in [2.45, 2.75) is 0 Å². The predicted octanol–water partition coefficient (Wildman–Crippen LogP) is -1.75. The molecule has 6 nitrogen and oxygen atoms in total. The number of hydrogen-bond donors (Lipinski definition) is 4. The molecule has 0 amide bonds. The van der Waals surface area contributed by atoms with Gasteiger partial charge in [-0.25, -0.2) is 4.57 Å². The summed E-state index contributed by atoms with van der Waals surface area (Å²) in [5.41, 5.74) is 0. The van der Waals surface area contributed by atoms with Gasteiger partial charge in [-0.2, -0.15) is 0 Å². The molecule has 0 spiro atoms. The van der Waals surface area contributed by atoms with Crippen LogP contribution in [0.15, 0.2) is 0 Å². The molecule has 0 unspecified atom stereocenters. The van der Waals surface area contributed by atoms with Crippen LogP contribution in [0.25, 0.3) is 0 Å². The average molecular weight is 158 g/mol. The molecule has 0 fully saturated rings. The van der Waals surface area contributed by atoms with Gasteiger partial charge in [-0.05, 0) is 0 Å². The third-order valence-corrected chi connectivity index (χ3v) is 0.0745. The van der Waals surface area contributed by atoms with Crippen LogP contribution in [0, 0.1) is 0 Å². The SMILES string of the molecule is O=CCO.O=P(O)(O)O. The summed E-state index contributed by atoms with van der Waals surface area (Å²) in [6.07, 6.45) is 0.431. The Bertz CT molecular complexity index is 95.4. The summed E-state index contributed by atoms with van der Waals surface area (Å²) in [5, 5.41) is 7.51. The Hall–Kier alpha value is -0.260. The predicted molar refractivity (Wildman–Crippen MR) is 27.4 cm³/mol. The van der Waals surface area contributed by atoms with Crippen LogP contribution in [0.2, 0.25) is 0 Å². The fourth-order valence-corrected chi connectivity index (χ4v) is 0. The summed E-state index contributed by atoms with van der Waals surface area (Å²) >= 11 is 0. The lowest BCUT2D eigenvalue weighted by Gasteiger charge is -1.82. The molecule has 0 aliphatic carbocycles. The minimum absolute atomic E-state index is 0.361. The highest BCUT2D eigenvalue weighted by molar-refractivity contribution is 7.45. The molecule has 9 heavy (non-hydrogen) atoms. The largest absolute Gasteiger partial charge is 0.466 e. The van der Waals surface area contributed by atoms with Crippen molar-refractivity contribution in [2.75, 3.05) is 6.61 Å². The first-order chi connectivity index (χ1) is 3.91. The smallest absolute Gasteiger partial charge is 0.389 e. The van der Waals surface area contributed by atoms with Crippen molar-refractivity contribution in [1.82, 2.24) is 0 Å². The minimum Gasteiger partial charge on any atom is -0.389 e. The van der Waals surface area contributed by atoms with E-state index in [1.165, 1.54) is 0 Å². The Kier molecular flexibility index (Phi) is 7.52. The molecule has 0 aliphatic heterocycles. The zero-order valence-corrected chi connectivity index (χ0v) is 5.23. The highest BCUT2D eigenvalue weighted by Crippen LogP contribution is 2.25. The van der Waals surface area contributed by atoms with Crippen LogP contribution in [0.5, 0.6) is 0 Å². The molecule has 7 heteroatoms. The zero-order chi connectivity index (χ0) is 7.91. The van der Waals surface area contributed by atoms with Crippen LogP contribution in [0.4, 0.5) is 0 Å². The number of hydrogen-bond acceptors (Lipinski definition) is 3. The van der Waals surface area contributed by atoms with Crippen molar-refractivity contribution in [3.63, 3.8) is 0 Å². The van der Waals surface area contributed by atoms with Gasteiger partial charge in [-0.15, -0.1) is 0 Å². The van der Waals surface area contributed by atoms with Gasteiger partial charge in [0.25, 0.3) is 0 Å². The maximum Gasteiger partial charge on any atom is 0.466 e. The molecule has 0 aromatic heterocycles. The second-order valence-electron chi connectivity index (χ2n) is 0.863. The maximum absolute atomic E-state index is 8.92. The van der Waals surface area contributed by atoms with Crippen molar-refractivity contribution in [1.29, 1.82) is 0 Å². The zero-order valence-electron chi connectivity index (χ0n) is 4.34. The highest BCUT2D eigenvalue weighted by atomic mass is 31.2. The Morgan fingerprint density at radius 1 is 1.33 bits per heavy atom. The molecule has 0 heterocycles. The van der Waals surface area contributed by atoms with Crippen LogP contribution in [0.1, 0.15) is 0 Å². The van der Waals surface area contributed by atoms with E-state index in [-0.39, 0.29) is 6.61 Å². The first-order valence-corrected chi connectivity index (χ1v) is 3.31. The Morgan fingerprint density at radius 3 is 1.44 bits per heavy atom. The Morgan fingerprint density at radius 2 is 1.44 bits per heavy atom. The molecule has 4 N–H and O–H groups in total. The lowest BCUT2D eigenvalue weighted by atomic mass is 10.9. The van der Waals surface area contributed by atoms with Crippen LogP contribution >= 0.6 is 7.82 Å². The van der Waals surface area contributed by atoms with E-state index < -0.39 is 7.82 Å². The van der Waals surface area contributed by atoms with Crippen molar-refractivity contribution in [2.24, 2.45) is 0 Å². The summed E-state index contributed by atoms with van der Waals surface area (Å²) in [5.74, 6) is 0. The normalized spacial score (nSPS) is 9.33. The van der Waals surface area contributed by atoms with E-state index in [1.807, 2.05) is 0 Å². The molecule has 0 radical (unpaired) electrons. The standard InChI is InChI=1S/C2H4O2.H3O4P/c3-1-2-4;1-5(2,3)4/h1,4H,2H2;(H3,1,2,3,4). The lowest BCUT2D eigenvalue weighted by molar-refractivity contribution is -0.110. The molecule has 0 saturated heterocycles. The second-order valence-corrected chi connectivity index (χ2v) is 1.89. The van der Waals surface area contributed by atoms with Crippen molar-refractivity contribution < 1.29 is 29.1 Å². The van der Waals surface area contributed by atoms with Gasteiger partial charge in [0.15, 0.2) is 0 Å². The summed E-state index contributed by atoms with van der Waals surface area (Å²) in [4.78, 5) is 30.5. The van der Waals surface area contributed by atoms with E-state index in [4.69, 9.17) is 29.1 Å². The van der Waals surface area contributed by atoms with Crippen molar-refractivity contribution in [3.8, 4) is 0 Å². The lowest BCUT2D eigenvalue weighted by Crippen LogP contribution is -1.75. The fraction of sp³-hybridized carbons (Fsp3) is 0.500. The van der Waals surface area contributed by atoms with Gasteiger partial charge in [0, 0.05) is 0 Å². The summed E-state index contributed by atoms with van der Waals surface area (Å²) in [6, 6.07) is 0. The van der Waals surface area contributed by atoms with Gasteiger partial charge in [-0.1, -0.05) is 0 Å². The van der Waals surface area contributed by atoms with E-state index in [1.54, 1.807) is 0 Å². The monoisotopic (exact) mass is 158 g/mol. The minimum atomic E-state index is -4.64. The first-order valence-electron chi connectivity index (χ1n) is 1.74. The molecule has 0 bridgehead atoms. The van der Waals surface area contributed by atoms with Crippen molar-refractivity contribution in [3.05, 3.63) is 0 Å². The third-order valence-electron chi connectivity index (χ3n) is 0.0745. The number of aldehydes is 1. The topological polar surface area (TPSA) is 115 Å².